The van der Waals surface area contributed by atoms with Crippen molar-refractivity contribution >= 4 is 5.76 Å². The molecule has 1 heterocycles. The van der Waals surface area contributed by atoms with Crippen LogP contribution in [0.2, 0.25) is 0 Å². The predicted molar refractivity (Wildman–Crippen MR) is 71.9 cm³/mol. The van der Waals surface area contributed by atoms with E-state index in [0.717, 1.165) is 0 Å². The molecule has 0 bridgehead atoms. The van der Waals surface area contributed by atoms with Crippen LogP contribution in [0, 0.1) is 0 Å². The first kappa shape index (κ1) is 12.2. The van der Waals surface area contributed by atoms with Crippen LogP contribution in [0.1, 0.15) is 11.1 Å². The van der Waals surface area contributed by atoms with Gasteiger partial charge in [0, 0.05) is 29.7 Å². The second-order valence-corrected chi connectivity index (χ2v) is 4.52. The highest BCUT2D eigenvalue weighted by molar-refractivity contribution is 5.69. The van der Waals surface area contributed by atoms with Gasteiger partial charge in [-0.15, -0.1) is 0 Å². The number of ether oxygens (including phenoxy) is 1. The fourth-order valence-corrected chi connectivity index (χ4v) is 2.12. The number of benzene rings is 2. The van der Waals surface area contributed by atoms with E-state index in [9.17, 15) is 20.4 Å². The second-order valence-electron chi connectivity index (χ2n) is 4.52. The van der Waals surface area contributed by atoms with E-state index in [0.29, 0.717) is 29.1 Å². The van der Waals surface area contributed by atoms with Crippen LogP contribution in [0.4, 0.5) is 0 Å². The molecule has 0 aromatic heterocycles. The van der Waals surface area contributed by atoms with Gasteiger partial charge in [0.1, 0.15) is 23.0 Å². The van der Waals surface area contributed by atoms with E-state index in [-0.39, 0.29) is 23.0 Å². The van der Waals surface area contributed by atoms with Crippen molar-refractivity contribution in [2.45, 2.75) is 6.42 Å². The van der Waals surface area contributed by atoms with Crippen LogP contribution in [-0.2, 0) is 6.42 Å². The Morgan fingerprint density at radius 3 is 2.40 bits per heavy atom. The Labute approximate surface area is 114 Å². The first-order valence-corrected chi connectivity index (χ1v) is 6.00. The number of allylic oxidation sites excluding steroid dienone is 1. The van der Waals surface area contributed by atoms with Crippen LogP contribution < -0.4 is 4.74 Å². The van der Waals surface area contributed by atoms with E-state index in [4.69, 9.17) is 4.74 Å². The molecule has 0 aliphatic carbocycles. The summed E-state index contributed by atoms with van der Waals surface area (Å²) in [5.74, 6) is 0.294. The molecule has 0 saturated carbocycles. The van der Waals surface area contributed by atoms with Crippen molar-refractivity contribution in [3.63, 3.8) is 0 Å². The summed E-state index contributed by atoms with van der Waals surface area (Å²) in [6, 6.07) is 7.03. The minimum absolute atomic E-state index is 0.0242. The quantitative estimate of drug-likeness (QED) is 0.599. The summed E-state index contributed by atoms with van der Waals surface area (Å²) in [7, 11) is 0. The molecule has 5 nitrogen and oxygen atoms in total. The fourth-order valence-electron chi connectivity index (χ4n) is 2.12. The van der Waals surface area contributed by atoms with E-state index in [2.05, 4.69) is 0 Å². The fraction of sp³-hybridized carbons (Fsp3) is 0.0667. The molecule has 2 aromatic rings. The molecule has 5 heteroatoms. The number of rotatable bonds is 1. The first-order chi connectivity index (χ1) is 9.54. The van der Waals surface area contributed by atoms with Crippen LogP contribution in [0.3, 0.4) is 0 Å². The third kappa shape index (κ3) is 1.99. The summed E-state index contributed by atoms with van der Waals surface area (Å²) >= 11 is 0. The average molecular weight is 272 g/mol. The van der Waals surface area contributed by atoms with E-state index < -0.39 is 0 Å². The van der Waals surface area contributed by atoms with Crippen LogP contribution in [0.5, 0.6) is 28.7 Å². The summed E-state index contributed by atoms with van der Waals surface area (Å²) in [6.45, 7) is 0. The van der Waals surface area contributed by atoms with Crippen molar-refractivity contribution in [3.05, 3.63) is 47.5 Å². The SMILES string of the molecule is Oc1cc(O)c2c(c1)OC(c1ccc(O)c(O)c1)=CC2. The van der Waals surface area contributed by atoms with Gasteiger partial charge in [0.25, 0.3) is 0 Å². The summed E-state index contributed by atoms with van der Waals surface area (Å²) in [5.41, 5.74) is 1.18. The van der Waals surface area contributed by atoms with Gasteiger partial charge in [-0.3, -0.25) is 0 Å². The first-order valence-electron chi connectivity index (χ1n) is 6.00. The molecule has 3 rings (SSSR count). The van der Waals surface area contributed by atoms with Gasteiger partial charge < -0.3 is 25.2 Å². The number of hydrogen-bond acceptors (Lipinski definition) is 5. The van der Waals surface area contributed by atoms with Gasteiger partial charge in [0.15, 0.2) is 11.5 Å². The van der Waals surface area contributed by atoms with Crippen molar-refractivity contribution < 1.29 is 25.2 Å². The lowest BCUT2D eigenvalue weighted by Gasteiger charge is -2.19. The molecule has 0 amide bonds. The van der Waals surface area contributed by atoms with Crippen LogP contribution >= 0.6 is 0 Å². The van der Waals surface area contributed by atoms with Gasteiger partial charge in [-0.25, -0.2) is 0 Å². The lowest BCUT2D eigenvalue weighted by Crippen LogP contribution is -2.04. The smallest absolute Gasteiger partial charge is 0.158 e. The van der Waals surface area contributed by atoms with Gasteiger partial charge in [0.05, 0.1) is 0 Å². The minimum atomic E-state index is -0.239. The summed E-state index contributed by atoms with van der Waals surface area (Å²) in [4.78, 5) is 0. The summed E-state index contributed by atoms with van der Waals surface area (Å²) in [6.07, 6.45) is 2.20. The monoisotopic (exact) mass is 272 g/mol. The molecule has 4 N–H and O–H groups in total. The predicted octanol–water partition coefficient (Wildman–Crippen LogP) is 2.49. The maximum atomic E-state index is 9.73. The number of phenolic OH excluding ortho intramolecular Hbond substituents is 4. The van der Waals surface area contributed by atoms with E-state index >= 15 is 0 Å². The molecule has 1 aliphatic rings. The maximum Gasteiger partial charge on any atom is 0.158 e. The lowest BCUT2D eigenvalue weighted by molar-refractivity contribution is 0.402. The third-order valence-electron chi connectivity index (χ3n) is 3.14. The molecule has 0 unspecified atom stereocenters. The Balaban J connectivity index is 1.99. The zero-order chi connectivity index (χ0) is 14.3. The number of hydrogen-bond donors (Lipinski definition) is 4. The van der Waals surface area contributed by atoms with Crippen LogP contribution in [0.15, 0.2) is 36.4 Å². The van der Waals surface area contributed by atoms with Gasteiger partial charge in [-0.2, -0.15) is 0 Å². The molecule has 102 valence electrons. The highest BCUT2D eigenvalue weighted by atomic mass is 16.5. The zero-order valence-corrected chi connectivity index (χ0v) is 10.4. The van der Waals surface area contributed by atoms with Crippen molar-refractivity contribution in [1.29, 1.82) is 0 Å². The number of fused-ring (bicyclic) bond motifs is 1. The second kappa shape index (κ2) is 4.38. The van der Waals surface area contributed by atoms with Crippen molar-refractivity contribution in [3.8, 4) is 28.7 Å². The van der Waals surface area contributed by atoms with Crippen LogP contribution in [-0.4, -0.2) is 20.4 Å². The summed E-state index contributed by atoms with van der Waals surface area (Å²) in [5, 5.41) is 38.0. The largest absolute Gasteiger partial charge is 0.508 e. The van der Waals surface area contributed by atoms with Gasteiger partial charge >= 0.3 is 0 Å². The van der Waals surface area contributed by atoms with E-state index in [1.54, 1.807) is 12.1 Å². The Bertz CT molecular complexity index is 718. The normalized spacial score (nSPS) is 13.3. The average Bonchev–Trinajstić information content (AvgIpc) is 2.41. The van der Waals surface area contributed by atoms with Gasteiger partial charge in [-0.1, -0.05) is 0 Å². The lowest BCUT2D eigenvalue weighted by atomic mass is 10.0. The van der Waals surface area contributed by atoms with Gasteiger partial charge in [0.2, 0.25) is 0 Å². The highest BCUT2D eigenvalue weighted by Gasteiger charge is 2.19. The molecular weight excluding hydrogens is 260 g/mol. The molecule has 1 aliphatic heterocycles. The van der Waals surface area contributed by atoms with Crippen LogP contribution in [0.25, 0.3) is 5.76 Å². The standard InChI is InChI=1S/C15H12O5/c16-9-6-12(18)10-2-4-14(20-15(10)7-9)8-1-3-11(17)13(19)5-8/h1,3-7,16-19H,2H2. The Kier molecular flexibility index (Phi) is 2.68. The third-order valence-corrected chi connectivity index (χ3v) is 3.14. The maximum absolute atomic E-state index is 9.73. The Morgan fingerprint density at radius 2 is 1.65 bits per heavy atom. The molecule has 0 radical (unpaired) electrons. The Morgan fingerprint density at radius 1 is 0.850 bits per heavy atom. The van der Waals surface area contributed by atoms with E-state index in [1.165, 1.54) is 24.3 Å². The highest BCUT2D eigenvalue weighted by Crippen LogP contribution is 2.39. The van der Waals surface area contributed by atoms with Crippen molar-refractivity contribution in [2.75, 3.05) is 0 Å². The molecular formula is C15H12O5. The molecule has 0 atom stereocenters. The van der Waals surface area contributed by atoms with E-state index in [1.807, 2.05) is 0 Å². The molecule has 0 fully saturated rings. The number of phenols is 4. The topological polar surface area (TPSA) is 90.2 Å². The van der Waals surface area contributed by atoms with Crippen molar-refractivity contribution in [1.82, 2.24) is 0 Å². The summed E-state index contributed by atoms with van der Waals surface area (Å²) < 4.78 is 5.62. The Hall–Kier alpha value is -2.82. The molecule has 0 saturated heterocycles. The minimum Gasteiger partial charge on any atom is -0.508 e. The zero-order valence-electron chi connectivity index (χ0n) is 10.4. The molecule has 20 heavy (non-hydrogen) atoms. The van der Waals surface area contributed by atoms with Crippen molar-refractivity contribution in [2.24, 2.45) is 0 Å². The number of aromatic hydroxyl groups is 4. The molecule has 2 aromatic carbocycles. The molecule has 0 spiro atoms. The van der Waals surface area contributed by atoms with Gasteiger partial charge in [-0.05, 0) is 24.3 Å².